The molecule has 1 saturated carbocycles. The van der Waals surface area contributed by atoms with Crippen LogP contribution in [-0.4, -0.2) is 46.6 Å². The summed E-state index contributed by atoms with van der Waals surface area (Å²) in [6, 6.07) is 17.4. The summed E-state index contributed by atoms with van der Waals surface area (Å²) < 4.78 is 27.8. The first-order chi connectivity index (χ1) is 20.9. The average molecular weight is 586 g/mol. The normalized spacial score (nSPS) is 21.4. The molecule has 2 unspecified atom stereocenters. The number of nitrogens with zero attached hydrogens (tertiary/aromatic N) is 3. The third-order valence-corrected chi connectivity index (χ3v) is 9.31. The van der Waals surface area contributed by atoms with Crippen LogP contribution < -0.4 is 14.4 Å². The van der Waals surface area contributed by atoms with E-state index in [0.717, 1.165) is 71.6 Å². The lowest BCUT2D eigenvalue weighted by Crippen LogP contribution is -3.12. The summed E-state index contributed by atoms with van der Waals surface area (Å²) in [5.74, 6) is 2.45. The van der Waals surface area contributed by atoms with E-state index in [0.29, 0.717) is 37.5 Å². The van der Waals surface area contributed by atoms with Gasteiger partial charge in [-0.15, -0.1) is 5.10 Å². The number of Topliss-reactive ketones (excluding diaryl/α,β-unsaturated/α-hetero) is 1. The molecule has 0 bridgehead atoms. The van der Waals surface area contributed by atoms with Crippen LogP contribution in [0.5, 0.6) is 11.5 Å². The van der Waals surface area contributed by atoms with E-state index in [2.05, 4.69) is 36.3 Å². The molecule has 0 amide bonds. The van der Waals surface area contributed by atoms with E-state index in [4.69, 9.17) is 9.47 Å². The fraction of sp³-hybridized carbons (Fsp3) is 0.457. The molecule has 0 spiro atoms. The molecule has 8 heteroatoms. The quantitative estimate of drug-likeness (QED) is 0.216. The lowest BCUT2D eigenvalue weighted by Gasteiger charge is -2.23. The first kappa shape index (κ1) is 29.3. The van der Waals surface area contributed by atoms with Gasteiger partial charge in [-0.05, 0) is 94.5 Å². The topological polar surface area (TPSA) is 70.7 Å². The van der Waals surface area contributed by atoms with Crippen molar-refractivity contribution in [2.75, 3.05) is 19.8 Å². The number of benzene rings is 3. The molecule has 7 nitrogen and oxygen atoms in total. The number of fused-ring (bicyclic) bond motifs is 2. The number of rotatable bonds is 11. The fourth-order valence-electron chi connectivity index (χ4n) is 7.41. The van der Waals surface area contributed by atoms with Crippen molar-refractivity contribution in [3.8, 4) is 22.6 Å². The summed E-state index contributed by atoms with van der Waals surface area (Å²) in [4.78, 5) is 15.0. The van der Waals surface area contributed by atoms with Crippen molar-refractivity contribution in [1.82, 2.24) is 15.0 Å². The van der Waals surface area contributed by atoms with Crippen molar-refractivity contribution in [2.45, 2.75) is 72.0 Å². The zero-order chi connectivity index (χ0) is 30.1. The fourth-order valence-corrected chi connectivity index (χ4v) is 7.41. The van der Waals surface area contributed by atoms with E-state index in [1.807, 2.05) is 36.7 Å². The van der Waals surface area contributed by atoms with E-state index in [1.165, 1.54) is 17.7 Å². The molecule has 1 saturated heterocycles. The number of ether oxygens (including phenoxy) is 2. The van der Waals surface area contributed by atoms with Gasteiger partial charge >= 0.3 is 0 Å². The third kappa shape index (κ3) is 5.90. The van der Waals surface area contributed by atoms with Crippen molar-refractivity contribution in [3.63, 3.8) is 0 Å². The number of aromatic nitrogens is 3. The van der Waals surface area contributed by atoms with Crippen molar-refractivity contribution < 1.29 is 23.6 Å². The van der Waals surface area contributed by atoms with Crippen LogP contribution >= 0.6 is 0 Å². The van der Waals surface area contributed by atoms with Gasteiger partial charge in [-0.3, -0.25) is 4.79 Å². The van der Waals surface area contributed by atoms with E-state index < -0.39 is 0 Å². The second-order valence-electron chi connectivity index (χ2n) is 12.3. The monoisotopic (exact) mass is 585 g/mol. The number of carbonyl (C=O) groups is 1. The molecule has 1 aliphatic carbocycles. The highest BCUT2D eigenvalue weighted by Crippen LogP contribution is 2.41. The molecule has 0 radical (unpaired) electrons. The smallest absolute Gasteiger partial charge is 0.163 e. The zero-order valence-electron chi connectivity index (χ0n) is 25.6. The van der Waals surface area contributed by atoms with Crippen molar-refractivity contribution >= 4 is 16.8 Å². The summed E-state index contributed by atoms with van der Waals surface area (Å²) in [5, 5.41) is 8.57. The number of halogens is 1. The molecule has 1 N–H and O–H groups in total. The maximum absolute atomic E-state index is 13.7. The molecule has 43 heavy (non-hydrogen) atoms. The summed E-state index contributed by atoms with van der Waals surface area (Å²) in [6.07, 6.45) is 3.97. The molecule has 2 aliphatic rings. The van der Waals surface area contributed by atoms with Crippen molar-refractivity contribution in [2.24, 2.45) is 11.8 Å². The number of quaternary nitrogens is 1. The third-order valence-electron chi connectivity index (χ3n) is 9.31. The minimum atomic E-state index is -0.267. The van der Waals surface area contributed by atoms with Gasteiger partial charge in [0.05, 0.1) is 36.9 Å². The highest BCUT2D eigenvalue weighted by molar-refractivity contribution is 5.99. The number of carbonyl (C=O) groups excluding carboxylic acids is 1. The van der Waals surface area contributed by atoms with Gasteiger partial charge in [0.1, 0.15) is 29.4 Å². The highest BCUT2D eigenvalue weighted by Gasteiger charge is 2.47. The molecule has 3 aromatic carbocycles. The van der Waals surface area contributed by atoms with Gasteiger partial charge in [-0.25, -0.2) is 9.07 Å². The first-order valence-electron chi connectivity index (χ1n) is 15.8. The van der Waals surface area contributed by atoms with Crippen molar-refractivity contribution in [3.05, 3.63) is 71.5 Å². The Morgan fingerprint density at radius 3 is 2.40 bits per heavy atom. The van der Waals surface area contributed by atoms with Crippen LogP contribution in [0.15, 0.2) is 54.6 Å². The molecular formula is C35H42FN4O3+. The summed E-state index contributed by atoms with van der Waals surface area (Å²) in [5.41, 5.74) is 5.40. The molecule has 2 fully saturated rings. The van der Waals surface area contributed by atoms with Crippen LogP contribution in [0.2, 0.25) is 0 Å². The Balaban J connectivity index is 1.17. The van der Waals surface area contributed by atoms with Crippen LogP contribution in [0.1, 0.15) is 75.3 Å². The number of nitrogens with one attached hydrogen (secondary N) is 1. The van der Waals surface area contributed by atoms with Gasteiger partial charge in [0, 0.05) is 35.9 Å². The van der Waals surface area contributed by atoms with Crippen LogP contribution in [0.4, 0.5) is 4.39 Å². The number of hydrogen-bond donors (Lipinski definition) is 1. The lowest BCUT2D eigenvalue weighted by molar-refractivity contribution is -0.927. The molecule has 4 atom stereocenters. The maximum atomic E-state index is 13.7. The van der Waals surface area contributed by atoms with E-state index in [9.17, 15) is 9.18 Å². The van der Waals surface area contributed by atoms with Gasteiger partial charge in [-0.2, -0.15) is 0 Å². The Bertz CT molecular complexity index is 1570. The van der Waals surface area contributed by atoms with Gasteiger partial charge < -0.3 is 14.4 Å². The van der Waals surface area contributed by atoms with Crippen LogP contribution in [0.25, 0.3) is 22.2 Å². The minimum Gasteiger partial charge on any atom is -0.493 e. The van der Waals surface area contributed by atoms with Gasteiger partial charge in [0.2, 0.25) is 0 Å². The molecule has 6 rings (SSSR count). The summed E-state index contributed by atoms with van der Waals surface area (Å²) in [6.45, 7) is 11.2. The average Bonchev–Trinajstić information content (AvgIpc) is 3.70. The Labute approximate surface area is 253 Å². The first-order valence-corrected chi connectivity index (χ1v) is 15.8. The largest absolute Gasteiger partial charge is 0.493 e. The Morgan fingerprint density at radius 2 is 1.72 bits per heavy atom. The number of ketones is 1. The van der Waals surface area contributed by atoms with Gasteiger partial charge in [0.15, 0.2) is 5.78 Å². The lowest BCUT2D eigenvalue weighted by atomic mass is 9.87. The predicted octanol–water partition coefficient (Wildman–Crippen LogP) is 6.07. The Morgan fingerprint density at radius 1 is 1.00 bits per heavy atom. The Hall–Kier alpha value is -3.78. The second kappa shape index (κ2) is 12.4. The highest BCUT2D eigenvalue weighted by atomic mass is 19.1. The molecule has 1 aromatic heterocycles. The summed E-state index contributed by atoms with van der Waals surface area (Å²) in [7, 11) is 0. The predicted molar refractivity (Wildman–Crippen MR) is 165 cm³/mol. The number of likely N-dealkylation sites (tertiary alicyclic amines) is 1. The second-order valence-corrected chi connectivity index (χ2v) is 12.3. The zero-order valence-corrected chi connectivity index (χ0v) is 25.6. The van der Waals surface area contributed by atoms with E-state index in [-0.39, 0.29) is 17.6 Å². The van der Waals surface area contributed by atoms with E-state index >= 15 is 0 Å². The van der Waals surface area contributed by atoms with Gasteiger partial charge in [-0.1, -0.05) is 17.3 Å². The molecule has 2 heterocycles. The molecule has 1 aliphatic heterocycles. The molecule has 4 aromatic rings. The molecular weight excluding hydrogens is 543 g/mol. The van der Waals surface area contributed by atoms with Crippen LogP contribution in [0, 0.1) is 17.7 Å². The number of hydrogen-bond acceptors (Lipinski definition) is 5. The van der Waals surface area contributed by atoms with Crippen LogP contribution in [-0.2, 0) is 6.54 Å². The van der Waals surface area contributed by atoms with Crippen LogP contribution in [0.3, 0.4) is 0 Å². The minimum absolute atomic E-state index is 0.208. The van der Waals surface area contributed by atoms with Crippen molar-refractivity contribution in [1.29, 1.82) is 0 Å². The maximum Gasteiger partial charge on any atom is 0.163 e. The molecule has 226 valence electrons. The van der Waals surface area contributed by atoms with E-state index in [1.54, 1.807) is 17.0 Å². The SMILES string of the molecule is CCOc1cc(C[NH+]2CC[C@H]3C(CC(=O)c4ccc5c(c4)nnn5C(C)C)CC[C@H]32)cc(OCC)c1-c1ccc(F)cc1. The summed E-state index contributed by atoms with van der Waals surface area (Å²) >= 11 is 0. The Kier molecular flexibility index (Phi) is 8.48. The van der Waals surface area contributed by atoms with Gasteiger partial charge in [0.25, 0.3) is 0 Å². The standard InChI is InChI=1S/C35H41FN4O3/c1-5-42-33-17-23(18-34(43-6-2)35(33)24-7-11-27(36)12-8-24)21-39-16-15-28-25(9-13-30(28)39)20-32(41)26-10-14-31-29(19-26)37-38-40(31)22(3)4/h7-8,10-12,14,17-19,22,25,28,30H,5-6,9,13,15-16,20-21H2,1-4H3/p+1/t25?,28-,30+/m0/s1.